The van der Waals surface area contributed by atoms with Crippen LogP contribution >= 0.6 is 11.6 Å². The molecule has 1 N–H and O–H groups in total. The summed E-state index contributed by atoms with van der Waals surface area (Å²) in [5, 5.41) is 13.2. The molecule has 0 radical (unpaired) electrons. The topological polar surface area (TPSA) is 100 Å². The zero-order chi connectivity index (χ0) is 22.0. The highest BCUT2D eigenvalue weighted by Crippen LogP contribution is 2.30. The fraction of sp³-hybridized carbons (Fsp3) is 0.130. The van der Waals surface area contributed by atoms with Crippen molar-refractivity contribution >= 4 is 23.2 Å². The molecule has 0 atom stereocenters. The average Bonchev–Trinajstić information content (AvgIpc) is 3.18. The van der Waals surface area contributed by atoms with Crippen LogP contribution in [0.1, 0.15) is 34.2 Å². The Kier molecular flexibility index (Phi) is 5.56. The monoisotopic (exact) mass is 432 g/mol. The Labute approximate surface area is 182 Å². The van der Waals surface area contributed by atoms with Crippen LogP contribution in [0.15, 0.2) is 59.4 Å². The van der Waals surface area contributed by atoms with Gasteiger partial charge in [0.05, 0.1) is 6.61 Å². The van der Waals surface area contributed by atoms with E-state index in [4.69, 9.17) is 16.3 Å². The van der Waals surface area contributed by atoms with Crippen molar-refractivity contribution in [2.24, 2.45) is 0 Å². The van der Waals surface area contributed by atoms with Crippen LogP contribution in [0.25, 0.3) is 16.8 Å². The van der Waals surface area contributed by atoms with E-state index in [9.17, 15) is 14.9 Å². The van der Waals surface area contributed by atoms with E-state index >= 15 is 0 Å². The Morgan fingerprint density at radius 2 is 1.90 bits per heavy atom. The number of nitrogens with one attached hydrogen (secondary N) is 1. The molecule has 0 aliphatic carbocycles. The van der Waals surface area contributed by atoms with Crippen molar-refractivity contribution in [3.8, 4) is 17.2 Å². The first kappa shape index (κ1) is 20.4. The summed E-state index contributed by atoms with van der Waals surface area (Å²) in [6, 6.07) is 18.1. The van der Waals surface area contributed by atoms with E-state index in [0.717, 1.165) is 10.1 Å². The quantitative estimate of drug-likeness (QED) is 0.481. The first-order chi connectivity index (χ1) is 15.0. The molecular formula is C23H17ClN4O3. The molecule has 0 saturated carbocycles. The molecule has 0 spiro atoms. The Hall–Kier alpha value is -3.89. The van der Waals surface area contributed by atoms with Gasteiger partial charge in [0.1, 0.15) is 23.0 Å². The third-order valence-electron chi connectivity index (χ3n) is 4.77. The molecular weight excluding hydrogens is 416 g/mol. The third-order valence-corrected chi connectivity index (χ3v) is 5.02. The van der Waals surface area contributed by atoms with Gasteiger partial charge in [0, 0.05) is 17.0 Å². The Morgan fingerprint density at radius 1 is 1.19 bits per heavy atom. The minimum Gasteiger partial charge on any atom is -0.462 e. The molecule has 0 fully saturated rings. The van der Waals surface area contributed by atoms with Crippen LogP contribution in [0.4, 0.5) is 0 Å². The zero-order valence-electron chi connectivity index (χ0n) is 16.6. The number of pyridine rings is 1. The summed E-state index contributed by atoms with van der Waals surface area (Å²) >= 11 is 5.99. The third kappa shape index (κ3) is 3.81. The SMILES string of the molecule is CCOC(=O)c1c(-c2ccc(Cl)cc2)c(C#N)c(=O)n2[nH]c(Cc3ccccc3)nc12. The minimum absolute atomic E-state index is 0.0517. The second-order valence-corrected chi connectivity index (χ2v) is 7.20. The number of rotatable bonds is 5. The summed E-state index contributed by atoms with van der Waals surface area (Å²) in [6.45, 7) is 1.82. The standard InChI is InChI=1S/C23H17ClN4O3/c1-2-31-23(30)20-19(15-8-10-16(24)11-9-15)17(13-25)22(29)28-21(20)26-18(27-28)12-14-6-4-3-5-7-14/h3-11H,2,12H2,1H3,(H,26,27). The number of nitriles is 1. The van der Waals surface area contributed by atoms with E-state index in [0.29, 0.717) is 22.8 Å². The number of carbonyl (C=O) groups excluding carboxylic acids is 1. The molecule has 0 amide bonds. The predicted molar refractivity (Wildman–Crippen MR) is 116 cm³/mol. The van der Waals surface area contributed by atoms with Gasteiger partial charge in [-0.05, 0) is 30.2 Å². The van der Waals surface area contributed by atoms with Gasteiger partial charge in [-0.2, -0.15) is 9.78 Å². The van der Waals surface area contributed by atoms with E-state index in [1.807, 2.05) is 36.4 Å². The van der Waals surface area contributed by atoms with E-state index in [-0.39, 0.29) is 28.9 Å². The normalized spacial score (nSPS) is 10.7. The number of hydrogen-bond donors (Lipinski definition) is 1. The summed E-state index contributed by atoms with van der Waals surface area (Å²) < 4.78 is 6.37. The van der Waals surface area contributed by atoms with Crippen molar-refractivity contribution in [2.45, 2.75) is 13.3 Å². The highest BCUT2D eigenvalue weighted by Gasteiger charge is 2.27. The average molecular weight is 433 g/mol. The van der Waals surface area contributed by atoms with Gasteiger partial charge in [0.15, 0.2) is 5.65 Å². The van der Waals surface area contributed by atoms with E-state index in [2.05, 4.69) is 10.1 Å². The number of carbonyl (C=O) groups is 1. The van der Waals surface area contributed by atoms with E-state index in [1.165, 1.54) is 0 Å². The maximum Gasteiger partial charge on any atom is 0.342 e. The number of aromatic amines is 1. The van der Waals surface area contributed by atoms with Gasteiger partial charge in [-0.25, -0.2) is 9.78 Å². The molecule has 8 heteroatoms. The van der Waals surface area contributed by atoms with Crippen molar-refractivity contribution in [2.75, 3.05) is 6.61 Å². The molecule has 0 aliphatic heterocycles. The number of aromatic nitrogens is 3. The first-order valence-corrected chi connectivity index (χ1v) is 9.96. The lowest BCUT2D eigenvalue weighted by Crippen LogP contribution is -2.23. The molecule has 2 aromatic heterocycles. The van der Waals surface area contributed by atoms with Gasteiger partial charge in [-0.3, -0.25) is 9.89 Å². The highest BCUT2D eigenvalue weighted by atomic mass is 35.5. The molecule has 4 rings (SSSR count). The van der Waals surface area contributed by atoms with Crippen LogP contribution in [0, 0.1) is 11.3 Å². The number of hydrogen-bond acceptors (Lipinski definition) is 5. The largest absolute Gasteiger partial charge is 0.462 e. The zero-order valence-corrected chi connectivity index (χ0v) is 17.3. The van der Waals surface area contributed by atoms with Crippen LogP contribution in [0.2, 0.25) is 5.02 Å². The van der Waals surface area contributed by atoms with Gasteiger partial charge >= 0.3 is 5.97 Å². The van der Waals surface area contributed by atoms with Gasteiger partial charge in [-0.1, -0.05) is 54.1 Å². The summed E-state index contributed by atoms with van der Waals surface area (Å²) in [6.07, 6.45) is 0.419. The van der Waals surface area contributed by atoms with Gasteiger partial charge < -0.3 is 4.74 Å². The van der Waals surface area contributed by atoms with Crippen molar-refractivity contribution in [1.82, 2.24) is 14.6 Å². The number of esters is 1. The van der Waals surface area contributed by atoms with Crippen LogP contribution in [-0.2, 0) is 11.2 Å². The van der Waals surface area contributed by atoms with Crippen molar-refractivity contribution < 1.29 is 9.53 Å². The molecule has 0 aliphatic rings. The summed E-state index contributed by atoms with van der Waals surface area (Å²) in [5.41, 5.74) is 1.04. The number of fused-ring (bicyclic) bond motifs is 1. The van der Waals surface area contributed by atoms with Crippen LogP contribution in [0.3, 0.4) is 0 Å². The van der Waals surface area contributed by atoms with Crippen LogP contribution < -0.4 is 5.56 Å². The highest BCUT2D eigenvalue weighted by molar-refractivity contribution is 6.30. The molecule has 2 aromatic carbocycles. The minimum atomic E-state index is -0.667. The Morgan fingerprint density at radius 3 is 2.55 bits per heavy atom. The Bertz CT molecular complexity index is 1370. The predicted octanol–water partition coefficient (Wildman–Crippen LogP) is 3.98. The number of benzene rings is 2. The molecule has 4 aromatic rings. The van der Waals surface area contributed by atoms with Crippen molar-refractivity contribution in [3.05, 3.63) is 92.5 Å². The maximum absolute atomic E-state index is 13.1. The second kappa shape index (κ2) is 8.46. The van der Waals surface area contributed by atoms with E-state index in [1.54, 1.807) is 31.2 Å². The van der Waals surface area contributed by atoms with Gasteiger partial charge in [0.2, 0.25) is 0 Å². The fourth-order valence-corrected chi connectivity index (χ4v) is 3.55. The van der Waals surface area contributed by atoms with Crippen LogP contribution in [-0.4, -0.2) is 27.2 Å². The molecule has 0 bridgehead atoms. The number of halogens is 1. The van der Waals surface area contributed by atoms with Gasteiger partial charge in [-0.15, -0.1) is 0 Å². The Balaban J connectivity index is 2.02. The molecule has 2 heterocycles. The molecule has 31 heavy (non-hydrogen) atoms. The van der Waals surface area contributed by atoms with Crippen molar-refractivity contribution in [1.29, 1.82) is 5.26 Å². The summed E-state index contributed by atoms with van der Waals surface area (Å²) in [4.78, 5) is 30.6. The summed E-state index contributed by atoms with van der Waals surface area (Å²) in [7, 11) is 0. The smallest absolute Gasteiger partial charge is 0.342 e. The van der Waals surface area contributed by atoms with Crippen molar-refractivity contribution in [3.63, 3.8) is 0 Å². The van der Waals surface area contributed by atoms with E-state index < -0.39 is 11.5 Å². The molecule has 7 nitrogen and oxygen atoms in total. The lowest BCUT2D eigenvalue weighted by molar-refractivity contribution is 0.0528. The molecule has 154 valence electrons. The first-order valence-electron chi connectivity index (χ1n) is 9.58. The molecule has 0 saturated heterocycles. The second-order valence-electron chi connectivity index (χ2n) is 6.76. The number of ether oxygens (including phenoxy) is 1. The van der Waals surface area contributed by atoms with Gasteiger partial charge in [0.25, 0.3) is 5.56 Å². The lowest BCUT2D eigenvalue weighted by atomic mass is 9.96. The number of nitrogens with zero attached hydrogens (tertiary/aromatic N) is 3. The maximum atomic E-state index is 13.1. The molecule has 0 unspecified atom stereocenters. The fourth-order valence-electron chi connectivity index (χ4n) is 3.43. The summed E-state index contributed by atoms with van der Waals surface area (Å²) in [5.74, 6) is -0.190. The van der Waals surface area contributed by atoms with Crippen LogP contribution in [0.5, 0.6) is 0 Å². The number of H-pyrrole nitrogens is 1. The lowest BCUT2D eigenvalue weighted by Gasteiger charge is -2.12.